The number of aryl methyl sites for hydroxylation is 1. The zero-order chi connectivity index (χ0) is 15.2. The molecule has 21 heavy (non-hydrogen) atoms. The van der Waals surface area contributed by atoms with E-state index < -0.39 is 10.0 Å². The standard InChI is InChI=1S/C14H21ClN2O2S2/c1-10-14(7-13(8-15)20-10)21(18,19)17-6-5-11-3-4-12(9-17)16(11)2/h7,11-12H,3-6,8-9H2,1-2H3. The van der Waals surface area contributed by atoms with Crippen LogP contribution in [0.4, 0.5) is 0 Å². The molecule has 1 aromatic rings. The van der Waals surface area contributed by atoms with Crippen LogP contribution in [0.1, 0.15) is 29.0 Å². The topological polar surface area (TPSA) is 40.6 Å². The Balaban J connectivity index is 1.89. The Hall–Kier alpha value is -0.140. The molecule has 118 valence electrons. The first-order valence-electron chi connectivity index (χ1n) is 7.31. The summed E-state index contributed by atoms with van der Waals surface area (Å²) < 4.78 is 27.6. The maximum absolute atomic E-state index is 12.9. The van der Waals surface area contributed by atoms with Crippen LogP contribution in [0.5, 0.6) is 0 Å². The van der Waals surface area contributed by atoms with Crippen molar-refractivity contribution in [1.82, 2.24) is 9.21 Å². The molecule has 0 radical (unpaired) electrons. The smallest absolute Gasteiger partial charge is 0.244 e. The van der Waals surface area contributed by atoms with Gasteiger partial charge in [0.25, 0.3) is 0 Å². The highest BCUT2D eigenvalue weighted by molar-refractivity contribution is 7.89. The highest BCUT2D eigenvalue weighted by Gasteiger charge is 2.39. The minimum absolute atomic E-state index is 0.360. The van der Waals surface area contributed by atoms with Gasteiger partial charge in [0.2, 0.25) is 10.0 Å². The van der Waals surface area contributed by atoms with Crippen LogP contribution < -0.4 is 0 Å². The summed E-state index contributed by atoms with van der Waals surface area (Å²) in [7, 11) is -1.27. The second-order valence-corrected chi connectivity index (χ2v) is 9.48. The maximum atomic E-state index is 12.9. The van der Waals surface area contributed by atoms with Gasteiger partial charge in [-0.1, -0.05) is 0 Å². The van der Waals surface area contributed by atoms with E-state index in [0.29, 0.717) is 35.9 Å². The van der Waals surface area contributed by atoms with Crippen molar-refractivity contribution in [3.05, 3.63) is 15.8 Å². The Morgan fingerprint density at radius 1 is 1.33 bits per heavy atom. The minimum atomic E-state index is -3.39. The first kappa shape index (κ1) is 15.7. The highest BCUT2D eigenvalue weighted by Crippen LogP contribution is 2.33. The third-order valence-corrected chi connectivity index (χ3v) is 8.40. The zero-order valence-corrected chi connectivity index (χ0v) is 14.8. The van der Waals surface area contributed by atoms with E-state index in [1.807, 2.05) is 6.92 Å². The third-order valence-electron chi connectivity index (χ3n) is 4.78. The predicted molar refractivity (Wildman–Crippen MR) is 86.6 cm³/mol. The molecule has 0 saturated carbocycles. The lowest BCUT2D eigenvalue weighted by Crippen LogP contribution is -2.39. The largest absolute Gasteiger partial charge is 0.299 e. The van der Waals surface area contributed by atoms with E-state index in [2.05, 4.69) is 11.9 Å². The summed E-state index contributed by atoms with van der Waals surface area (Å²) in [5, 5.41) is 0. The van der Waals surface area contributed by atoms with Crippen molar-refractivity contribution in [1.29, 1.82) is 0 Å². The Morgan fingerprint density at radius 2 is 2.05 bits per heavy atom. The molecule has 0 spiro atoms. The molecule has 2 bridgehead atoms. The fourth-order valence-electron chi connectivity index (χ4n) is 3.48. The van der Waals surface area contributed by atoms with E-state index in [1.54, 1.807) is 10.4 Å². The lowest BCUT2D eigenvalue weighted by Gasteiger charge is -2.25. The third kappa shape index (κ3) is 2.77. The van der Waals surface area contributed by atoms with Gasteiger partial charge < -0.3 is 0 Å². The van der Waals surface area contributed by atoms with Crippen molar-refractivity contribution in [2.24, 2.45) is 0 Å². The number of halogens is 1. The van der Waals surface area contributed by atoms with Crippen LogP contribution in [-0.2, 0) is 15.9 Å². The van der Waals surface area contributed by atoms with Gasteiger partial charge in [0.15, 0.2) is 0 Å². The number of fused-ring (bicyclic) bond motifs is 2. The second-order valence-electron chi connectivity index (χ2n) is 5.97. The van der Waals surface area contributed by atoms with E-state index in [-0.39, 0.29) is 0 Å². The number of sulfonamides is 1. The molecule has 2 atom stereocenters. The van der Waals surface area contributed by atoms with Gasteiger partial charge >= 0.3 is 0 Å². The van der Waals surface area contributed by atoms with Crippen LogP contribution in [0.15, 0.2) is 11.0 Å². The lowest BCUT2D eigenvalue weighted by atomic mass is 10.1. The number of hydrogen-bond acceptors (Lipinski definition) is 4. The molecule has 2 fully saturated rings. The molecule has 2 aliphatic heterocycles. The summed E-state index contributed by atoms with van der Waals surface area (Å²) in [6, 6.07) is 2.64. The van der Waals surface area contributed by atoms with Crippen molar-refractivity contribution < 1.29 is 8.42 Å². The zero-order valence-electron chi connectivity index (χ0n) is 12.4. The average molecular weight is 349 g/mol. The van der Waals surface area contributed by atoms with Gasteiger partial charge in [-0.15, -0.1) is 22.9 Å². The van der Waals surface area contributed by atoms with Crippen molar-refractivity contribution >= 4 is 33.0 Å². The number of nitrogens with zero attached hydrogens (tertiary/aromatic N) is 2. The molecule has 2 aliphatic rings. The molecule has 4 nitrogen and oxygen atoms in total. The van der Waals surface area contributed by atoms with Crippen molar-refractivity contribution in [2.75, 3.05) is 20.1 Å². The quantitative estimate of drug-likeness (QED) is 0.788. The summed E-state index contributed by atoms with van der Waals surface area (Å²) in [6.45, 7) is 3.10. The molecule has 7 heteroatoms. The van der Waals surface area contributed by atoms with Crippen LogP contribution in [-0.4, -0.2) is 49.8 Å². The first-order valence-corrected chi connectivity index (χ1v) is 10.1. The average Bonchev–Trinajstić information content (AvgIpc) is 2.90. The molecule has 0 amide bonds. The molecular weight excluding hydrogens is 328 g/mol. The van der Waals surface area contributed by atoms with Gasteiger partial charge in [-0.3, -0.25) is 4.90 Å². The van der Waals surface area contributed by atoms with Gasteiger partial charge in [0.05, 0.1) is 10.8 Å². The molecule has 0 N–H and O–H groups in total. The highest BCUT2D eigenvalue weighted by atomic mass is 35.5. The molecule has 0 aliphatic carbocycles. The minimum Gasteiger partial charge on any atom is -0.299 e. The van der Waals surface area contributed by atoms with E-state index in [9.17, 15) is 8.42 Å². The van der Waals surface area contributed by atoms with Gasteiger partial charge in [0.1, 0.15) is 0 Å². The maximum Gasteiger partial charge on any atom is 0.244 e. The second kappa shape index (κ2) is 5.81. The molecule has 0 aromatic carbocycles. The van der Waals surface area contributed by atoms with Gasteiger partial charge in [-0.05, 0) is 39.3 Å². The Morgan fingerprint density at radius 3 is 2.71 bits per heavy atom. The monoisotopic (exact) mass is 348 g/mol. The van der Waals surface area contributed by atoms with Gasteiger partial charge in [0, 0.05) is 34.9 Å². The number of hydrogen-bond donors (Lipinski definition) is 0. The normalized spacial score (nSPS) is 28.0. The van der Waals surface area contributed by atoms with Crippen molar-refractivity contribution in [3.8, 4) is 0 Å². The summed E-state index contributed by atoms with van der Waals surface area (Å²) >= 11 is 7.32. The lowest BCUT2D eigenvalue weighted by molar-refractivity contribution is 0.246. The van der Waals surface area contributed by atoms with Crippen LogP contribution >= 0.6 is 22.9 Å². The summed E-state index contributed by atoms with van der Waals surface area (Å²) in [6.07, 6.45) is 3.23. The van der Waals surface area contributed by atoms with Gasteiger partial charge in [-0.25, -0.2) is 8.42 Å². The van der Waals surface area contributed by atoms with E-state index in [0.717, 1.165) is 22.6 Å². The van der Waals surface area contributed by atoms with E-state index >= 15 is 0 Å². The SMILES string of the molecule is Cc1sc(CCl)cc1S(=O)(=O)N1CCC2CCC(C1)N2C. The number of thiophene rings is 1. The summed E-state index contributed by atoms with van der Waals surface area (Å²) in [5.74, 6) is 0.370. The van der Waals surface area contributed by atoms with Crippen LogP contribution in [0.25, 0.3) is 0 Å². The number of rotatable bonds is 3. The van der Waals surface area contributed by atoms with Crippen LogP contribution in [0, 0.1) is 6.92 Å². The molecule has 3 rings (SSSR count). The Bertz CT molecular complexity index is 629. The van der Waals surface area contributed by atoms with Crippen molar-refractivity contribution in [2.45, 2.75) is 49.0 Å². The molecular formula is C14H21ClN2O2S2. The Labute approximate surface area is 135 Å². The summed E-state index contributed by atoms with van der Waals surface area (Å²) in [4.78, 5) is 4.57. The number of alkyl halides is 1. The Kier molecular flexibility index (Phi) is 4.36. The van der Waals surface area contributed by atoms with E-state index in [4.69, 9.17) is 11.6 Å². The summed E-state index contributed by atoms with van der Waals surface area (Å²) in [5.41, 5.74) is 0. The molecule has 3 heterocycles. The fourth-order valence-corrected chi connectivity index (χ4v) is 6.67. The van der Waals surface area contributed by atoms with Crippen molar-refractivity contribution in [3.63, 3.8) is 0 Å². The predicted octanol–water partition coefficient (Wildman–Crippen LogP) is 2.65. The number of likely N-dealkylation sites (N-methyl/N-ethyl adjacent to an activating group) is 1. The fraction of sp³-hybridized carbons (Fsp3) is 0.714. The first-order chi connectivity index (χ1) is 9.93. The van der Waals surface area contributed by atoms with Crippen LogP contribution in [0.2, 0.25) is 0 Å². The van der Waals surface area contributed by atoms with Crippen LogP contribution in [0.3, 0.4) is 0 Å². The molecule has 2 unspecified atom stereocenters. The van der Waals surface area contributed by atoms with Gasteiger partial charge in [-0.2, -0.15) is 4.31 Å². The molecule has 1 aromatic heterocycles. The van der Waals surface area contributed by atoms with E-state index in [1.165, 1.54) is 17.8 Å². The molecule has 2 saturated heterocycles.